The molecule has 1 aromatic rings. The number of ether oxygens (including phenoxy) is 1. The minimum atomic E-state index is -0.944. The Balaban J connectivity index is 1.97. The van der Waals surface area contributed by atoms with Crippen molar-refractivity contribution in [3.63, 3.8) is 0 Å². The molecule has 0 saturated heterocycles. The molecule has 1 heterocycles. The van der Waals surface area contributed by atoms with Crippen molar-refractivity contribution < 1.29 is 9.53 Å². The van der Waals surface area contributed by atoms with E-state index < -0.39 is 11.6 Å². The highest BCUT2D eigenvalue weighted by Gasteiger charge is 2.52. The molecule has 5 nitrogen and oxygen atoms in total. The van der Waals surface area contributed by atoms with E-state index in [9.17, 15) is 4.79 Å². The Kier molecular flexibility index (Phi) is 5.23. The summed E-state index contributed by atoms with van der Waals surface area (Å²) in [6, 6.07) is 7.12. The highest BCUT2D eigenvalue weighted by atomic mass is 35.5. The largest absolute Gasteiger partial charge is 0.468 e. The van der Waals surface area contributed by atoms with Crippen molar-refractivity contribution >= 4 is 23.3 Å². The van der Waals surface area contributed by atoms with Gasteiger partial charge < -0.3 is 16.2 Å². The number of nitrogens with two attached hydrogens (primary N) is 2. The number of fused-ring (bicyclic) bond motifs is 2. The second kappa shape index (κ2) is 7.21. The summed E-state index contributed by atoms with van der Waals surface area (Å²) in [5.74, 6) is 0.482. The number of Topliss-reactive ketones (excluding diaryl/α,β-unsaturated/α-hetero) is 1. The Morgan fingerprint density at radius 1 is 1.38 bits per heavy atom. The topological polar surface area (TPSA) is 90.7 Å². The second-order valence-corrected chi connectivity index (χ2v) is 6.95. The summed E-state index contributed by atoms with van der Waals surface area (Å²) in [6.45, 7) is 0.644. The van der Waals surface area contributed by atoms with Crippen LogP contribution in [0.5, 0.6) is 0 Å². The van der Waals surface area contributed by atoms with E-state index in [-0.39, 0.29) is 11.8 Å². The maximum atomic E-state index is 13.0. The van der Waals surface area contributed by atoms with Crippen LogP contribution < -0.4 is 11.5 Å². The summed E-state index contributed by atoms with van der Waals surface area (Å²) in [4.78, 5) is 17.7. The van der Waals surface area contributed by atoms with Crippen LogP contribution in [0.2, 0.25) is 5.02 Å². The highest BCUT2D eigenvalue weighted by molar-refractivity contribution is 6.32. The number of halogens is 1. The molecule has 0 aromatic heterocycles. The third-order valence-corrected chi connectivity index (χ3v) is 5.20. The van der Waals surface area contributed by atoms with Gasteiger partial charge in [-0.1, -0.05) is 36.2 Å². The number of unbranched alkanes of at least 4 members (excludes halogenated alkanes) is 1. The molecule has 0 radical (unpaired) electrons. The number of nitrogens with zero attached hydrogens (tertiary/aromatic N) is 1. The fraction of sp³-hybridized carbons (Fsp3) is 0.556. The van der Waals surface area contributed by atoms with E-state index in [0.29, 0.717) is 30.3 Å². The van der Waals surface area contributed by atoms with Crippen molar-refractivity contribution in [1.82, 2.24) is 0 Å². The van der Waals surface area contributed by atoms with Gasteiger partial charge in [-0.3, -0.25) is 4.79 Å². The Morgan fingerprint density at radius 2 is 2.17 bits per heavy atom. The molecule has 0 amide bonds. The third kappa shape index (κ3) is 3.08. The van der Waals surface area contributed by atoms with E-state index in [1.165, 1.54) is 0 Å². The first kappa shape index (κ1) is 17.4. The molecule has 1 fully saturated rings. The zero-order chi connectivity index (χ0) is 17.2. The molecule has 1 unspecified atom stereocenters. The SMILES string of the molecule is NCCCC[C@H](N)C1=NC2(c3ccccc3Cl)CCC[C@H](O1)C2=O. The number of aliphatic imine (C=N–C) groups is 1. The van der Waals surface area contributed by atoms with E-state index >= 15 is 0 Å². The maximum absolute atomic E-state index is 13.0. The zero-order valence-electron chi connectivity index (χ0n) is 13.7. The van der Waals surface area contributed by atoms with E-state index in [1.54, 1.807) is 6.07 Å². The molecular formula is C18H24ClN3O2. The fourth-order valence-electron chi connectivity index (χ4n) is 3.57. The van der Waals surface area contributed by atoms with Crippen LogP contribution in [0.25, 0.3) is 0 Å². The van der Waals surface area contributed by atoms with E-state index in [2.05, 4.69) is 0 Å². The van der Waals surface area contributed by atoms with Crippen LogP contribution in [0.15, 0.2) is 29.3 Å². The Hall–Kier alpha value is -1.43. The van der Waals surface area contributed by atoms with Crippen LogP contribution in [0.3, 0.4) is 0 Å². The van der Waals surface area contributed by atoms with Crippen molar-refractivity contribution in [2.75, 3.05) is 6.54 Å². The van der Waals surface area contributed by atoms with Crippen LogP contribution in [0, 0.1) is 0 Å². The van der Waals surface area contributed by atoms with Gasteiger partial charge >= 0.3 is 0 Å². The summed E-state index contributed by atoms with van der Waals surface area (Å²) in [5, 5.41) is 0.563. The lowest BCUT2D eigenvalue weighted by Crippen LogP contribution is -2.54. The van der Waals surface area contributed by atoms with Gasteiger partial charge in [-0.2, -0.15) is 0 Å². The van der Waals surface area contributed by atoms with Crippen molar-refractivity contribution in [1.29, 1.82) is 0 Å². The molecule has 1 aliphatic carbocycles. The quantitative estimate of drug-likeness (QED) is 0.772. The van der Waals surface area contributed by atoms with Crippen LogP contribution in [0.1, 0.15) is 44.1 Å². The summed E-state index contributed by atoms with van der Waals surface area (Å²) in [7, 11) is 0. The normalized spacial score (nSPS) is 27.4. The highest BCUT2D eigenvalue weighted by Crippen LogP contribution is 2.44. The lowest BCUT2D eigenvalue weighted by molar-refractivity contribution is -0.137. The first-order valence-corrected chi connectivity index (χ1v) is 8.97. The van der Waals surface area contributed by atoms with Gasteiger partial charge in [0, 0.05) is 10.6 Å². The van der Waals surface area contributed by atoms with Crippen LogP contribution in [-0.2, 0) is 15.1 Å². The minimum absolute atomic E-state index is 0.000224. The third-order valence-electron chi connectivity index (χ3n) is 4.87. The first-order chi connectivity index (χ1) is 11.6. The molecule has 1 saturated carbocycles. The molecule has 4 N–H and O–H groups in total. The van der Waals surface area contributed by atoms with Crippen LogP contribution in [0.4, 0.5) is 0 Å². The van der Waals surface area contributed by atoms with Gasteiger partial charge in [-0.05, 0) is 44.7 Å². The fourth-order valence-corrected chi connectivity index (χ4v) is 3.87. The molecule has 3 atom stereocenters. The van der Waals surface area contributed by atoms with Crippen molar-refractivity contribution in [2.24, 2.45) is 16.5 Å². The van der Waals surface area contributed by atoms with Gasteiger partial charge in [0.1, 0.15) is 0 Å². The van der Waals surface area contributed by atoms with Crippen LogP contribution in [-0.4, -0.2) is 30.4 Å². The van der Waals surface area contributed by atoms with Crippen molar-refractivity contribution in [3.05, 3.63) is 34.9 Å². The Morgan fingerprint density at radius 3 is 2.92 bits per heavy atom. The predicted molar refractivity (Wildman–Crippen MR) is 95.2 cm³/mol. The lowest BCUT2D eigenvalue weighted by Gasteiger charge is -2.42. The second-order valence-electron chi connectivity index (χ2n) is 6.54. The van der Waals surface area contributed by atoms with Crippen molar-refractivity contribution in [2.45, 2.75) is 56.2 Å². The smallest absolute Gasteiger partial charge is 0.205 e. The summed E-state index contributed by atoms with van der Waals surface area (Å²) < 4.78 is 5.85. The summed E-state index contributed by atoms with van der Waals surface area (Å²) in [6.07, 6.45) is 4.34. The average molecular weight is 350 g/mol. The Bertz CT molecular complexity index is 649. The monoisotopic (exact) mass is 349 g/mol. The van der Waals surface area contributed by atoms with Gasteiger partial charge in [0.15, 0.2) is 11.6 Å². The zero-order valence-corrected chi connectivity index (χ0v) is 14.5. The number of carbonyl (C=O) groups is 1. The van der Waals surface area contributed by atoms with Crippen molar-refractivity contribution in [3.8, 4) is 0 Å². The molecule has 3 rings (SSSR count). The van der Waals surface area contributed by atoms with E-state index in [4.69, 9.17) is 32.8 Å². The summed E-state index contributed by atoms with van der Waals surface area (Å²) in [5.41, 5.74) is 11.6. The molecule has 24 heavy (non-hydrogen) atoms. The molecule has 0 spiro atoms. The number of carbonyl (C=O) groups excluding carboxylic acids is 1. The number of rotatable bonds is 6. The molecule has 1 aromatic carbocycles. The van der Waals surface area contributed by atoms with E-state index in [0.717, 1.165) is 31.2 Å². The van der Waals surface area contributed by atoms with Gasteiger partial charge in [0.05, 0.1) is 6.04 Å². The van der Waals surface area contributed by atoms with Gasteiger partial charge in [0.25, 0.3) is 0 Å². The predicted octanol–water partition coefficient (Wildman–Crippen LogP) is 2.54. The average Bonchev–Trinajstić information content (AvgIpc) is 2.55. The molecule has 2 bridgehead atoms. The maximum Gasteiger partial charge on any atom is 0.205 e. The number of hydrogen-bond donors (Lipinski definition) is 2. The minimum Gasteiger partial charge on any atom is -0.468 e. The van der Waals surface area contributed by atoms with Gasteiger partial charge in [-0.25, -0.2) is 4.99 Å². The molecule has 130 valence electrons. The first-order valence-electron chi connectivity index (χ1n) is 8.60. The number of benzene rings is 1. The lowest BCUT2D eigenvalue weighted by atomic mass is 9.73. The molecule has 6 heteroatoms. The van der Waals surface area contributed by atoms with E-state index in [1.807, 2.05) is 18.2 Å². The molecule has 1 aliphatic heterocycles. The Labute approximate surface area is 147 Å². The van der Waals surface area contributed by atoms with Gasteiger partial charge in [0.2, 0.25) is 11.7 Å². The summed E-state index contributed by atoms with van der Waals surface area (Å²) >= 11 is 6.39. The standard InChI is InChI=1S/C18H24ClN3O2/c19-13-7-2-1-6-12(13)18-10-5-9-15(16(18)23)24-17(22-18)14(21)8-3-4-11-20/h1-2,6-7,14-15H,3-5,8-11,20-21H2/t14-,15-,18?/m0/s1. The van der Waals surface area contributed by atoms with Gasteiger partial charge in [-0.15, -0.1) is 0 Å². The molecule has 2 aliphatic rings. The van der Waals surface area contributed by atoms with Crippen LogP contribution >= 0.6 is 11.6 Å². The number of ketones is 1. The number of hydrogen-bond acceptors (Lipinski definition) is 5. The molecular weight excluding hydrogens is 326 g/mol.